The van der Waals surface area contributed by atoms with E-state index in [9.17, 15) is 0 Å². The first-order chi connectivity index (χ1) is 6.79. The van der Waals surface area contributed by atoms with Gasteiger partial charge in [-0.2, -0.15) is 5.10 Å². The fourth-order valence-corrected chi connectivity index (χ4v) is 1.36. The minimum Gasteiger partial charge on any atom is -0.384 e. The summed E-state index contributed by atoms with van der Waals surface area (Å²) in [7, 11) is 1.66. The second-order valence-corrected chi connectivity index (χ2v) is 3.35. The van der Waals surface area contributed by atoms with Crippen molar-refractivity contribution in [3.8, 4) is 0 Å². The van der Waals surface area contributed by atoms with Crippen LogP contribution in [0.25, 0.3) is 5.65 Å². The minimum atomic E-state index is 0.630. The van der Waals surface area contributed by atoms with Crippen LogP contribution in [-0.4, -0.2) is 28.3 Å². The molecule has 74 valence electrons. The summed E-state index contributed by atoms with van der Waals surface area (Å²) in [6.07, 6.45) is 2.51. The first-order valence-corrected chi connectivity index (χ1v) is 4.67. The fraction of sp³-hybridized carbons (Fsp3) is 0.333. The van der Waals surface area contributed by atoms with Gasteiger partial charge in [-0.05, 0) is 6.07 Å². The van der Waals surface area contributed by atoms with E-state index in [0.717, 1.165) is 17.9 Å². The molecule has 0 unspecified atom stereocenters. The molecule has 0 amide bonds. The lowest BCUT2D eigenvalue weighted by atomic mass is 10.4. The Bertz CT molecular complexity index is 441. The van der Waals surface area contributed by atoms with Crippen molar-refractivity contribution in [3.63, 3.8) is 0 Å². The number of fused-ring (bicyclic) bond motifs is 1. The van der Waals surface area contributed by atoms with Crippen molar-refractivity contribution in [2.45, 2.75) is 6.42 Å². The van der Waals surface area contributed by atoms with Crippen molar-refractivity contribution in [3.05, 3.63) is 29.2 Å². The van der Waals surface area contributed by atoms with Crippen LogP contribution in [0.2, 0.25) is 5.02 Å². The summed E-state index contributed by atoms with van der Waals surface area (Å²) in [5.74, 6) is 0.772. The molecule has 2 aromatic heterocycles. The molecule has 2 heterocycles. The molecular weight excluding hydrogens is 202 g/mol. The molecule has 0 fully saturated rings. The van der Waals surface area contributed by atoms with Gasteiger partial charge in [-0.3, -0.25) is 0 Å². The molecule has 0 aliphatic carbocycles. The number of nitrogens with zero attached hydrogens (tertiary/aromatic N) is 3. The SMILES string of the molecule is COCCc1nc2cc(Cl)ccn2n1. The zero-order valence-corrected chi connectivity index (χ0v) is 8.53. The standard InChI is InChI=1S/C9H10ClN3O/c1-14-5-3-8-11-9-6-7(10)2-4-13(9)12-8/h2,4,6H,3,5H2,1H3. The predicted molar refractivity (Wildman–Crippen MR) is 53.6 cm³/mol. The molecular formula is C9H10ClN3O. The number of ether oxygens (including phenoxy) is 1. The Labute approximate surface area is 86.5 Å². The molecule has 14 heavy (non-hydrogen) atoms. The number of rotatable bonds is 3. The van der Waals surface area contributed by atoms with E-state index in [2.05, 4.69) is 10.1 Å². The molecule has 2 aromatic rings. The van der Waals surface area contributed by atoms with Gasteiger partial charge in [0.05, 0.1) is 6.61 Å². The zero-order chi connectivity index (χ0) is 9.97. The van der Waals surface area contributed by atoms with Crippen LogP contribution in [-0.2, 0) is 11.2 Å². The van der Waals surface area contributed by atoms with E-state index in [1.54, 1.807) is 30.0 Å². The van der Waals surface area contributed by atoms with Crippen LogP contribution in [0.4, 0.5) is 0 Å². The third-order valence-corrected chi connectivity index (χ3v) is 2.11. The number of hydrogen-bond donors (Lipinski definition) is 0. The first-order valence-electron chi connectivity index (χ1n) is 4.29. The maximum absolute atomic E-state index is 5.83. The smallest absolute Gasteiger partial charge is 0.157 e. The highest BCUT2D eigenvalue weighted by molar-refractivity contribution is 6.30. The van der Waals surface area contributed by atoms with Crippen LogP contribution in [0.3, 0.4) is 0 Å². The van der Waals surface area contributed by atoms with E-state index >= 15 is 0 Å². The van der Waals surface area contributed by atoms with Crippen molar-refractivity contribution in [1.82, 2.24) is 14.6 Å². The molecule has 2 rings (SSSR count). The van der Waals surface area contributed by atoms with Crippen molar-refractivity contribution < 1.29 is 4.74 Å². The van der Waals surface area contributed by atoms with Crippen molar-refractivity contribution >= 4 is 17.2 Å². The molecule has 0 aliphatic heterocycles. The van der Waals surface area contributed by atoms with Gasteiger partial charge in [-0.25, -0.2) is 9.50 Å². The average molecular weight is 212 g/mol. The minimum absolute atomic E-state index is 0.630. The average Bonchev–Trinajstić information content (AvgIpc) is 2.56. The highest BCUT2D eigenvalue weighted by Crippen LogP contribution is 2.10. The van der Waals surface area contributed by atoms with Gasteiger partial charge in [0, 0.05) is 30.8 Å². The van der Waals surface area contributed by atoms with E-state index in [-0.39, 0.29) is 0 Å². The zero-order valence-electron chi connectivity index (χ0n) is 7.77. The Morgan fingerprint density at radius 3 is 3.21 bits per heavy atom. The Kier molecular flexibility index (Phi) is 2.65. The molecule has 5 heteroatoms. The predicted octanol–water partition coefficient (Wildman–Crippen LogP) is 1.57. The topological polar surface area (TPSA) is 39.4 Å². The van der Waals surface area contributed by atoms with Crippen LogP contribution >= 0.6 is 11.6 Å². The lowest BCUT2D eigenvalue weighted by Crippen LogP contribution is -1.96. The van der Waals surface area contributed by atoms with E-state index in [4.69, 9.17) is 16.3 Å². The molecule has 0 spiro atoms. The van der Waals surface area contributed by atoms with Crippen LogP contribution < -0.4 is 0 Å². The maximum Gasteiger partial charge on any atom is 0.157 e. The second-order valence-electron chi connectivity index (χ2n) is 2.92. The number of aromatic nitrogens is 3. The molecule has 0 bridgehead atoms. The van der Waals surface area contributed by atoms with E-state index in [0.29, 0.717) is 11.6 Å². The Morgan fingerprint density at radius 1 is 1.57 bits per heavy atom. The van der Waals surface area contributed by atoms with Gasteiger partial charge in [0.1, 0.15) is 0 Å². The molecule has 0 saturated carbocycles. The van der Waals surface area contributed by atoms with E-state index < -0.39 is 0 Å². The number of methoxy groups -OCH3 is 1. The maximum atomic E-state index is 5.83. The van der Waals surface area contributed by atoms with E-state index in [1.807, 2.05) is 0 Å². The Morgan fingerprint density at radius 2 is 2.43 bits per heavy atom. The highest BCUT2D eigenvalue weighted by Gasteiger charge is 2.02. The summed E-state index contributed by atoms with van der Waals surface area (Å²) in [6, 6.07) is 3.56. The van der Waals surface area contributed by atoms with Gasteiger partial charge in [-0.1, -0.05) is 11.6 Å². The summed E-state index contributed by atoms with van der Waals surface area (Å²) in [6.45, 7) is 0.630. The molecule has 0 aromatic carbocycles. The van der Waals surface area contributed by atoms with Crippen LogP contribution in [0, 0.1) is 0 Å². The third-order valence-electron chi connectivity index (χ3n) is 1.87. The number of pyridine rings is 1. The highest BCUT2D eigenvalue weighted by atomic mass is 35.5. The van der Waals surface area contributed by atoms with Gasteiger partial charge in [-0.15, -0.1) is 0 Å². The van der Waals surface area contributed by atoms with Crippen LogP contribution in [0.5, 0.6) is 0 Å². The first kappa shape index (κ1) is 9.43. The molecule has 0 N–H and O–H groups in total. The van der Waals surface area contributed by atoms with Gasteiger partial charge < -0.3 is 4.74 Å². The molecule has 0 radical (unpaired) electrons. The van der Waals surface area contributed by atoms with Gasteiger partial charge in [0.15, 0.2) is 11.5 Å². The molecule has 0 saturated heterocycles. The van der Waals surface area contributed by atoms with Gasteiger partial charge in [0.2, 0.25) is 0 Å². The van der Waals surface area contributed by atoms with Crippen LogP contribution in [0.15, 0.2) is 18.3 Å². The van der Waals surface area contributed by atoms with Crippen LogP contribution in [0.1, 0.15) is 5.82 Å². The quantitative estimate of drug-likeness (QED) is 0.774. The Balaban J connectivity index is 2.32. The molecule has 0 aliphatic rings. The summed E-state index contributed by atoms with van der Waals surface area (Å²) < 4.78 is 6.66. The lowest BCUT2D eigenvalue weighted by molar-refractivity contribution is 0.200. The summed E-state index contributed by atoms with van der Waals surface area (Å²) >= 11 is 5.83. The summed E-state index contributed by atoms with van der Waals surface area (Å²) in [4.78, 5) is 4.30. The van der Waals surface area contributed by atoms with Crippen molar-refractivity contribution in [2.24, 2.45) is 0 Å². The van der Waals surface area contributed by atoms with Crippen molar-refractivity contribution in [2.75, 3.05) is 13.7 Å². The van der Waals surface area contributed by atoms with E-state index in [1.165, 1.54) is 0 Å². The molecule has 4 nitrogen and oxygen atoms in total. The lowest BCUT2D eigenvalue weighted by Gasteiger charge is -1.91. The number of halogens is 1. The molecule has 0 atom stereocenters. The largest absolute Gasteiger partial charge is 0.384 e. The normalized spacial score (nSPS) is 11.0. The van der Waals surface area contributed by atoms with Crippen molar-refractivity contribution in [1.29, 1.82) is 0 Å². The fourth-order valence-electron chi connectivity index (χ4n) is 1.20. The monoisotopic (exact) mass is 211 g/mol. The van der Waals surface area contributed by atoms with Gasteiger partial charge in [0.25, 0.3) is 0 Å². The summed E-state index contributed by atoms with van der Waals surface area (Å²) in [5.41, 5.74) is 0.767. The Hall–Kier alpha value is -1.13. The second kappa shape index (κ2) is 3.94. The third kappa shape index (κ3) is 1.86. The summed E-state index contributed by atoms with van der Waals surface area (Å²) in [5, 5.41) is 4.93. The number of hydrogen-bond acceptors (Lipinski definition) is 3. The van der Waals surface area contributed by atoms with Gasteiger partial charge >= 0.3 is 0 Å².